The molecule has 0 aromatic heterocycles. The average Bonchev–Trinajstić information content (AvgIpc) is 2.47. The maximum absolute atomic E-state index is 12.2. The van der Waals surface area contributed by atoms with Gasteiger partial charge in [0, 0.05) is 31.4 Å². The molecule has 0 unspecified atom stereocenters. The summed E-state index contributed by atoms with van der Waals surface area (Å²) in [6.07, 6.45) is -0.665. The Morgan fingerprint density at radius 3 is 2.43 bits per heavy atom. The van der Waals surface area contributed by atoms with Gasteiger partial charge in [0.25, 0.3) is 0 Å². The van der Waals surface area contributed by atoms with Gasteiger partial charge in [-0.15, -0.1) is 0 Å². The SMILES string of the molecule is CCN(CC)C(=O)CN(C)c1cccc(OC)c1[C@H](C)O. The summed E-state index contributed by atoms with van der Waals surface area (Å²) in [5.41, 5.74) is 1.51. The third-order valence-electron chi connectivity index (χ3n) is 3.58. The van der Waals surface area contributed by atoms with Crippen molar-refractivity contribution in [2.24, 2.45) is 0 Å². The van der Waals surface area contributed by atoms with Gasteiger partial charge in [0.15, 0.2) is 0 Å². The molecule has 1 rings (SSSR count). The molecule has 21 heavy (non-hydrogen) atoms. The van der Waals surface area contributed by atoms with Crippen molar-refractivity contribution < 1.29 is 14.6 Å². The molecular formula is C16H26N2O3. The minimum Gasteiger partial charge on any atom is -0.496 e. The number of aliphatic hydroxyl groups is 1. The quantitative estimate of drug-likeness (QED) is 0.836. The molecular weight excluding hydrogens is 268 g/mol. The van der Waals surface area contributed by atoms with Crippen molar-refractivity contribution in [1.82, 2.24) is 4.90 Å². The Morgan fingerprint density at radius 2 is 1.95 bits per heavy atom. The second-order valence-corrected chi connectivity index (χ2v) is 4.99. The lowest BCUT2D eigenvalue weighted by atomic mass is 10.1. The zero-order chi connectivity index (χ0) is 16.0. The largest absolute Gasteiger partial charge is 0.496 e. The number of rotatable bonds is 7. The minimum absolute atomic E-state index is 0.0712. The molecule has 118 valence electrons. The first-order valence-corrected chi connectivity index (χ1v) is 7.30. The van der Waals surface area contributed by atoms with Crippen LogP contribution in [-0.4, -0.2) is 49.7 Å². The predicted molar refractivity (Wildman–Crippen MR) is 84.8 cm³/mol. The number of hydrogen-bond acceptors (Lipinski definition) is 4. The van der Waals surface area contributed by atoms with E-state index in [1.807, 2.05) is 44.0 Å². The number of carbonyl (C=O) groups excluding carboxylic acids is 1. The maximum Gasteiger partial charge on any atom is 0.242 e. The molecule has 0 aliphatic carbocycles. The summed E-state index contributed by atoms with van der Waals surface area (Å²) in [5.74, 6) is 0.700. The molecule has 1 aromatic rings. The fraction of sp³-hybridized carbons (Fsp3) is 0.562. The molecule has 1 amide bonds. The van der Waals surface area contributed by atoms with Crippen molar-refractivity contribution >= 4 is 11.6 Å². The highest BCUT2D eigenvalue weighted by molar-refractivity contribution is 5.82. The van der Waals surface area contributed by atoms with Crippen LogP contribution in [0.1, 0.15) is 32.4 Å². The molecule has 1 atom stereocenters. The van der Waals surface area contributed by atoms with Gasteiger partial charge in [-0.05, 0) is 32.9 Å². The number of hydrogen-bond donors (Lipinski definition) is 1. The van der Waals surface area contributed by atoms with E-state index in [1.165, 1.54) is 0 Å². The number of benzene rings is 1. The van der Waals surface area contributed by atoms with Crippen LogP contribution in [0.15, 0.2) is 18.2 Å². The van der Waals surface area contributed by atoms with Crippen LogP contribution in [-0.2, 0) is 4.79 Å². The van der Waals surface area contributed by atoms with Crippen molar-refractivity contribution in [3.05, 3.63) is 23.8 Å². The molecule has 0 fully saturated rings. The fourth-order valence-electron chi connectivity index (χ4n) is 2.43. The third kappa shape index (κ3) is 4.11. The zero-order valence-corrected chi connectivity index (χ0v) is 13.6. The van der Waals surface area contributed by atoms with E-state index in [0.29, 0.717) is 24.4 Å². The van der Waals surface area contributed by atoms with Crippen LogP contribution in [0.4, 0.5) is 5.69 Å². The van der Waals surface area contributed by atoms with Gasteiger partial charge < -0.3 is 19.6 Å². The van der Waals surface area contributed by atoms with Crippen LogP contribution < -0.4 is 9.64 Å². The van der Waals surface area contributed by atoms with Crippen LogP contribution in [0.3, 0.4) is 0 Å². The molecule has 0 saturated carbocycles. The third-order valence-corrected chi connectivity index (χ3v) is 3.58. The lowest BCUT2D eigenvalue weighted by Crippen LogP contribution is -2.39. The highest BCUT2D eigenvalue weighted by Gasteiger charge is 2.19. The summed E-state index contributed by atoms with van der Waals surface area (Å²) in [6.45, 7) is 7.30. The number of ether oxygens (including phenoxy) is 1. The first kappa shape index (κ1) is 17.3. The lowest BCUT2D eigenvalue weighted by Gasteiger charge is -2.27. The van der Waals surface area contributed by atoms with Gasteiger partial charge >= 0.3 is 0 Å². The van der Waals surface area contributed by atoms with E-state index in [4.69, 9.17) is 4.74 Å². The first-order valence-electron chi connectivity index (χ1n) is 7.30. The highest BCUT2D eigenvalue weighted by atomic mass is 16.5. The molecule has 0 aliphatic heterocycles. The van der Waals surface area contributed by atoms with E-state index < -0.39 is 6.10 Å². The number of methoxy groups -OCH3 is 1. The Hall–Kier alpha value is -1.75. The van der Waals surface area contributed by atoms with Gasteiger partial charge in [0.2, 0.25) is 5.91 Å². The van der Waals surface area contributed by atoms with Crippen LogP contribution in [0.25, 0.3) is 0 Å². The normalized spacial score (nSPS) is 11.9. The molecule has 0 heterocycles. The number of likely N-dealkylation sites (N-methyl/N-ethyl adjacent to an activating group) is 2. The topological polar surface area (TPSA) is 53.0 Å². The van der Waals surface area contributed by atoms with Crippen LogP contribution in [0.5, 0.6) is 5.75 Å². The summed E-state index contributed by atoms with van der Waals surface area (Å²) in [6, 6.07) is 5.56. The van der Waals surface area contributed by atoms with Crippen LogP contribution in [0, 0.1) is 0 Å². The van der Waals surface area contributed by atoms with Gasteiger partial charge in [0.05, 0.1) is 19.8 Å². The summed E-state index contributed by atoms with van der Waals surface area (Å²) < 4.78 is 5.31. The predicted octanol–water partition coefficient (Wildman–Crippen LogP) is 2.05. The second kappa shape index (κ2) is 7.88. The summed E-state index contributed by atoms with van der Waals surface area (Å²) >= 11 is 0. The van der Waals surface area contributed by atoms with Gasteiger partial charge in [-0.2, -0.15) is 0 Å². The highest BCUT2D eigenvalue weighted by Crippen LogP contribution is 2.33. The lowest BCUT2D eigenvalue weighted by molar-refractivity contribution is -0.129. The molecule has 0 aliphatic rings. The van der Waals surface area contributed by atoms with Crippen molar-refractivity contribution in [3.63, 3.8) is 0 Å². The summed E-state index contributed by atoms with van der Waals surface area (Å²) in [7, 11) is 3.42. The molecule has 0 bridgehead atoms. The van der Waals surface area contributed by atoms with E-state index >= 15 is 0 Å². The van der Waals surface area contributed by atoms with Gasteiger partial charge in [-0.25, -0.2) is 0 Å². The van der Waals surface area contributed by atoms with E-state index in [0.717, 1.165) is 5.69 Å². The zero-order valence-electron chi connectivity index (χ0n) is 13.6. The number of carbonyl (C=O) groups is 1. The second-order valence-electron chi connectivity index (χ2n) is 4.99. The number of nitrogens with zero attached hydrogens (tertiary/aromatic N) is 2. The van der Waals surface area contributed by atoms with E-state index in [1.54, 1.807) is 18.9 Å². The van der Waals surface area contributed by atoms with E-state index in [2.05, 4.69) is 0 Å². The Morgan fingerprint density at radius 1 is 1.33 bits per heavy atom. The van der Waals surface area contributed by atoms with Crippen LogP contribution >= 0.6 is 0 Å². The van der Waals surface area contributed by atoms with Crippen molar-refractivity contribution in [1.29, 1.82) is 0 Å². The van der Waals surface area contributed by atoms with E-state index in [9.17, 15) is 9.90 Å². The number of aliphatic hydroxyl groups excluding tert-OH is 1. The molecule has 1 aromatic carbocycles. The number of anilines is 1. The first-order chi connectivity index (χ1) is 9.96. The Labute approximate surface area is 127 Å². The monoisotopic (exact) mass is 294 g/mol. The van der Waals surface area contributed by atoms with Gasteiger partial charge in [-0.3, -0.25) is 4.79 Å². The summed E-state index contributed by atoms with van der Waals surface area (Å²) in [4.78, 5) is 15.9. The van der Waals surface area contributed by atoms with E-state index in [-0.39, 0.29) is 12.5 Å². The van der Waals surface area contributed by atoms with Crippen LogP contribution in [0.2, 0.25) is 0 Å². The van der Waals surface area contributed by atoms with Gasteiger partial charge in [0.1, 0.15) is 5.75 Å². The van der Waals surface area contributed by atoms with Gasteiger partial charge in [-0.1, -0.05) is 6.07 Å². The fourth-order valence-corrected chi connectivity index (χ4v) is 2.43. The smallest absolute Gasteiger partial charge is 0.242 e. The standard InChI is InChI=1S/C16H26N2O3/c1-6-18(7-2)15(20)11-17(4)13-9-8-10-14(21-5)16(13)12(3)19/h8-10,12,19H,6-7,11H2,1-5H3/t12-/m0/s1. The average molecular weight is 294 g/mol. The molecule has 0 radical (unpaired) electrons. The minimum atomic E-state index is -0.665. The Bertz CT molecular complexity index is 471. The molecule has 0 spiro atoms. The molecule has 5 heteroatoms. The summed E-state index contributed by atoms with van der Waals surface area (Å²) in [5, 5.41) is 10.00. The maximum atomic E-state index is 12.2. The number of amides is 1. The Balaban J connectivity index is 3.02. The van der Waals surface area contributed by atoms with Crippen molar-refractivity contribution in [2.45, 2.75) is 26.9 Å². The molecule has 1 N–H and O–H groups in total. The Kier molecular flexibility index (Phi) is 6.49. The van der Waals surface area contributed by atoms with Crippen molar-refractivity contribution in [3.8, 4) is 5.75 Å². The van der Waals surface area contributed by atoms with Crippen molar-refractivity contribution in [2.75, 3.05) is 38.7 Å². The molecule has 0 saturated heterocycles. The molecule has 5 nitrogen and oxygen atoms in total.